The minimum Gasteiger partial charge on any atom is -0.497 e. The fourth-order valence-electron chi connectivity index (χ4n) is 4.63. The Labute approximate surface area is 233 Å². The molecule has 2 aromatic heterocycles. The predicted molar refractivity (Wildman–Crippen MR) is 148 cm³/mol. The van der Waals surface area contributed by atoms with Crippen LogP contribution in [0.5, 0.6) is 5.75 Å². The van der Waals surface area contributed by atoms with E-state index in [1.807, 2.05) is 6.07 Å². The number of piperidine rings is 1. The number of ketones is 1. The molecular weight excluding hydrogens is 532 g/mol. The van der Waals surface area contributed by atoms with Crippen molar-refractivity contribution in [2.45, 2.75) is 31.6 Å². The number of nitrogens with zero attached hydrogens (tertiary/aromatic N) is 3. The van der Waals surface area contributed by atoms with Gasteiger partial charge in [-0.15, -0.1) is 11.3 Å². The lowest BCUT2D eigenvalue weighted by Crippen LogP contribution is -2.42. The van der Waals surface area contributed by atoms with Gasteiger partial charge < -0.3 is 9.64 Å². The number of fused-ring (bicyclic) bond motifs is 1. The summed E-state index contributed by atoms with van der Waals surface area (Å²) >= 11 is 1.38. The average molecular weight is 561 g/mol. The zero-order valence-electron chi connectivity index (χ0n) is 21.8. The summed E-state index contributed by atoms with van der Waals surface area (Å²) in [6.07, 6.45) is 1.76. The van der Waals surface area contributed by atoms with Gasteiger partial charge in [-0.25, -0.2) is 4.98 Å². The first-order valence-corrected chi connectivity index (χ1v) is 13.7. The van der Waals surface area contributed by atoms with Crippen molar-refractivity contribution in [1.29, 1.82) is 0 Å². The van der Waals surface area contributed by atoms with Crippen LogP contribution in [-0.4, -0.2) is 63.8 Å². The Bertz CT molecular complexity index is 1540. The van der Waals surface area contributed by atoms with E-state index in [1.165, 1.54) is 11.3 Å². The van der Waals surface area contributed by atoms with Crippen LogP contribution in [-0.2, 0) is 4.79 Å². The SMILES string of the molecule is COc1ccc(C(=O)CCC(=O)N2CCC(c3nc(C(=O)NNC(=O)c4n[nH]c5ccccc45)cs3)CC2)cc1. The van der Waals surface area contributed by atoms with Crippen LogP contribution in [0.3, 0.4) is 0 Å². The number of Topliss-reactive ketones (excluding diaryl/α,β-unsaturated/α-hetero) is 1. The Morgan fingerprint density at radius 3 is 2.48 bits per heavy atom. The van der Waals surface area contributed by atoms with E-state index in [0.717, 1.165) is 23.4 Å². The molecule has 11 nitrogen and oxygen atoms in total. The second-order valence-corrected chi connectivity index (χ2v) is 10.3. The Morgan fingerprint density at radius 2 is 1.73 bits per heavy atom. The van der Waals surface area contributed by atoms with Gasteiger partial charge in [-0.3, -0.25) is 35.1 Å². The molecule has 2 aromatic carbocycles. The fraction of sp³-hybridized carbons (Fsp3) is 0.286. The van der Waals surface area contributed by atoms with Gasteiger partial charge in [0.15, 0.2) is 11.5 Å². The van der Waals surface area contributed by atoms with Crippen molar-refractivity contribution >= 4 is 45.7 Å². The van der Waals surface area contributed by atoms with Gasteiger partial charge in [-0.1, -0.05) is 18.2 Å². The molecule has 206 valence electrons. The van der Waals surface area contributed by atoms with Gasteiger partial charge in [0.2, 0.25) is 5.91 Å². The number of carbonyl (C=O) groups excluding carboxylic acids is 4. The molecule has 12 heteroatoms. The second-order valence-electron chi connectivity index (χ2n) is 9.40. The zero-order chi connectivity index (χ0) is 28.1. The zero-order valence-corrected chi connectivity index (χ0v) is 22.6. The number of thiazole rings is 1. The van der Waals surface area contributed by atoms with Crippen molar-refractivity contribution in [3.63, 3.8) is 0 Å². The standard InChI is InChI=1S/C28H28N6O5S/c1-39-19-8-6-17(7-9-19)23(35)10-11-24(36)34-14-12-18(13-15-34)28-29-22(16-40-28)26(37)32-33-27(38)25-20-4-2-3-5-21(20)30-31-25/h2-9,16,18H,10-15H2,1H3,(H,30,31)(H,32,37)(H,33,38). The number of hydrogen-bond donors (Lipinski definition) is 3. The first-order valence-electron chi connectivity index (χ1n) is 12.9. The summed E-state index contributed by atoms with van der Waals surface area (Å²) in [4.78, 5) is 56.5. The molecule has 1 saturated heterocycles. The van der Waals surface area contributed by atoms with Gasteiger partial charge in [-0.05, 0) is 43.2 Å². The Morgan fingerprint density at radius 1 is 1.00 bits per heavy atom. The molecule has 3 amide bonds. The van der Waals surface area contributed by atoms with Crippen molar-refractivity contribution in [2.75, 3.05) is 20.2 Å². The van der Waals surface area contributed by atoms with E-state index in [2.05, 4.69) is 26.0 Å². The number of carbonyl (C=O) groups is 4. The molecule has 0 saturated carbocycles. The topological polar surface area (TPSA) is 146 Å². The third-order valence-electron chi connectivity index (χ3n) is 6.90. The maximum atomic E-state index is 12.7. The largest absolute Gasteiger partial charge is 0.497 e. The summed E-state index contributed by atoms with van der Waals surface area (Å²) in [5.41, 5.74) is 6.46. The molecule has 4 aromatic rings. The number of para-hydroxylation sites is 1. The summed E-state index contributed by atoms with van der Waals surface area (Å²) < 4.78 is 5.11. The number of ether oxygens (including phenoxy) is 1. The number of amides is 3. The van der Waals surface area contributed by atoms with Crippen LogP contribution in [0, 0.1) is 0 Å². The molecule has 0 bridgehead atoms. The Hall–Kier alpha value is -4.58. The summed E-state index contributed by atoms with van der Waals surface area (Å²) in [5.74, 6) is -0.377. The van der Waals surface area contributed by atoms with Gasteiger partial charge in [-0.2, -0.15) is 5.10 Å². The Balaban J connectivity index is 1.07. The average Bonchev–Trinajstić information content (AvgIpc) is 3.67. The van der Waals surface area contributed by atoms with E-state index in [4.69, 9.17) is 4.74 Å². The monoisotopic (exact) mass is 560 g/mol. The van der Waals surface area contributed by atoms with Crippen LogP contribution in [0.25, 0.3) is 10.9 Å². The van der Waals surface area contributed by atoms with E-state index < -0.39 is 11.8 Å². The van der Waals surface area contributed by atoms with Gasteiger partial charge in [0, 0.05) is 48.2 Å². The number of aromatic amines is 1. The molecule has 40 heavy (non-hydrogen) atoms. The molecule has 0 unspecified atom stereocenters. The van der Waals surface area contributed by atoms with Crippen molar-refractivity contribution in [3.8, 4) is 5.75 Å². The highest BCUT2D eigenvalue weighted by Gasteiger charge is 2.27. The van der Waals surface area contributed by atoms with Gasteiger partial charge in [0.05, 0.1) is 17.6 Å². The first-order chi connectivity index (χ1) is 19.4. The molecule has 1 fully saturated rings. The van der Waals surface area contributed by atoms with Crippen LogP contribution in [0.15, 0.2) is 53.9 Å². The lowest BCUT2D eigenvalue weighted by molar-refractivity contribution is -0.132. The lowest BCUT2D eigenvalue weighted by atomic mass is 9.97. The lowest BCUT2D eigenvalue weighted by Gasteiger charge is -2.31. The van der Waals surface area contributed by atoms with E-state index in [1.54, 1.807) is 59.9 Å². The number of benzene rings is 2. The molecule has 0 atom stereocenters. The molecule has 1 aliphatic rings. The summed E-state index contributed by atoms with van der Waals surface area (Å²) in [5, 5.41) is 9.93. The number of aromatic nitrogens is 3. The summed E-state index contributed by atoms with van der Waals surface area (Å²) in [6.45, 7) is 1.13. The van der Waals surface area contributed by atoms with Crippen molar-refractivity contribution in [3.05, 3.63) is 75.9 Å². The number of hydrazine groups is 1. The maximum Gasteiger partial charge on any atom is 0.290 e. The van der Waals surface area contributed by atoms with Gasteiger partial charge in [0.25, 0.3) is 11.8 Å². The second kappa shape index (κ2) is 12.1. The van der Waals surface area contributed by atoms with Crippen molar-refractivity contribution in [2.24, 2.45) is 0 Å². The third kappa shape index (κ3) is 6.01. The number of H-pyrrole nitrogens is 1. The van der Waals surface area contributed by atoms with Gasteiger partial charge >= 0.3 is 0 Å². The van der Waals surface area contributed by atoms with Crippen LogP contribution in [0.4, 0.5) is 0 Å². The minimum atomic E-state index is -0.538. The van der Waals surface area contributed by atoms with E-state index in [-0.39, 0.29) is 41.8 Å². The number of rotatable bonds is 8. The number of likely N-dealkylation sites (tertiary alicyclic amines) is 1. The van der Waals surface area contributed by atoms with E-state index in [0.29, 0.717) is 29.8 Å². The summed E-state index contributed by atoms with van der Waals surface area (Å²) in [6, 6.07) is 14.1. The van der Waals surface area contributed by atoms with Crippen molar-refractivity contribution in [1.82, 2.24) is 30.9 Å². The van der Waals surface area contributed by atoms with Crippen LogP contribution < -0.4 is 15.6 Å². The number of hydrogen-bond acceptors (Lipinski definition) is 8. The molecular formula is C28H28N6O5S. The first kappa shape index (κ1) is 27.0. The fourth-order valence-corrected chi connectivity index (χ4v) is 5.60. The van der Waals surface area contributed by atoms with E-state index in [9.17, 15) is 19.2 Å². The highest BCUT2D eigenvalue weighted by Crippen LogP contribution is 2.30. The molecule has 0 spiro atoms. The number of nitrogens with one attached hydrogen (secondary N) is 3. The maximum absolute atomic E-state index is 12.7. The Kier molecular flexibility index (Phi) is 8.15. The smallest absolute Gasteiger partial charge is 0.290 e. The molecule has 1 aliphatic heterocycles. The van der Waals surface area contributed by atoms with Crippen LogP contribution in [0.1, 0.15) is 67.9 Å². The quantitative estimate of drug-likeness (QED) is 0.221. The van der Waals surface area contributed by atoms with Crippen LogP contribution >= 0.6 is 11.3 Å². The minimum absolute atomic E-state index is 0.0417. The normalized spacial score (nSPS) is 13.7. The molecule has 0 radical (unpaired) electrons. The highest BCUT2D eigenvalue weighted by atomic mass is 32.1. The van der Waals surface area contributed by atoms with Gasteiger partial charge in [0.1, 0.15) is 11.4 Å². The third-order valence-corrected chi connectivity index (χ3v) is 7.91. The van der Waals surface area contributed by atoms with Crippen LogP contribution in [0.2, 0.25) is 0 Å². The summed E-state index contributed by atoms with van der Waals surface area (Å²) in [7, 11) is 1.57. The molecule has 3 heterocycles. The highest BCUT2D eigenvalue weighted by molar-refractivity contribution is 7.09. The predicted octanol–water partition coefficient (Wildman–Crippen LogP) is 3.47. The van der Waals surface area contributed by atoms with E-state index >= 15 is 0 Å². The molecule has 0 aliphatic carbocycles. The molecule has 3 N–H and O–H groups in total. The molecule has 5 rings (SSSR count). The van der Waals surface area contributed by atoms with Crippen molar-refractivity contribution < 1.29 is 23.9 Å². The number of methoxy groups -OCH3 is 1.